The predicted molar refractivity (Wildman–Crippen MR) is 90.9 cm³/mol. The highest BCUT2D eigenvalue weighted by Crippen LogP contribution is 2.20. The third kappa shape index (κ3) is 4.02. The quantitative estimate of drug-likeness (QED) is 0.814. The maximum Gasteiger partial charge on any atom is 0.172 e. The average molecular weight is 350 g/mol. The number of pyridine rings is 1. The summed E-state index contributed by atoms with van der Waals surface area (Å²) in [6.45, 7) is 4.07. The summed E-state index contributed by atoms with van der Waals surface area (Å²) in [6.07, 6.45) is 1.80. The smallest absolute Gasteiger partial charge is 0.172 e. The number of nitrogens with zero attached hydrogens (tertiary/aromatic N) is 1. The summed E-state index contributed by atoms with van der Waals surface area (Å²) >= 11 is 8.80. The fourth-order valence-corrected chi connectivity index (χ4v) is 2.63. The number of anilines is 1. The maximum atomic E-state index is 5.32. The molecule has 1 atom stereocenters. The van der Waals surface area contributed by atoms with Crippen molar-refractivity contribution in [2.75, 3.05) is 5.32 Å². The first-order valence-electron chi connectivity index (χ1n) is 6.31. The predicted octanol–water partition coefficient (Wildman–Crippen LogP) is 4.20. The van der Waals surface area contributed by atoms with E-state index in [0.29, 0.717) is 10.9 Å². The summed E-state index contributed by atoms with van der Waals surface area (Å²) in [5.41, 5.74) is 2.28. The Morgan fingerprint density at radius 1 is 1.30 bits per heavy atom. The largest absolute Gasteiger partial charge is 0.356 e. The van der Waals surface area contributed by atoms with Crippen LogP contribution in [-0.2, 0) is 0 Å². The molecule has 0 radical (unpaired) electrons. The van der Waals surface area contributed by atoms with Crippen LogP contribution in [0.4, 0.5) is 5.82 Å². The molecule has 104 valence electrons. The zero-order chi connectivity index (χ0) is 14.5. The molecule has 1 heterocycles. The summed E-state index contributed by atoms with van der Waals surface area (Å²) in [5, 5.41) is 6.90. The lowest BCUT2D eigenvalue weighted by molar-refractivity contribution is 0.722. The van der Waals surface area contributed by atoms with E-state index in [4.69, 9.17) is 12.2 Å². The normalized spacial score (nSPS) is 11.8. The first kappa shape index (κ1) is 14.9. The molecular formula is C15H16BrN3S. The van der Waals surface area contributed by atoms with Crippen molar-refractivity contribution >= 4 is 39.1 Å². The molecule has 5 heteroatoms. The van der Waals surface area contributed by atoms with Crippen molar-refractivity contribution in [1.82, 2.24) is 10.3 Å². The van der Waals surface area contributed by atoms with Gasteiger partial charge in [-0.25, -0.2) is 4.98 Å². The third-order valence-corrected chi connectivity index (χ3v) is 3.68. The molecule has 0 saturated carbocycles. The summed E-state index contributed by atoms with van der Waals surface area (Å²) in [6, 6.07) is 12.3. The highest BCUT2D eigenvalue weighted by Gasteiger charge is 2.08. The highest BCUT2D eigenvalue weighted by atomic mass is 79.9. The van der Waals surface area contributed by atoms with Crippen LogP contribution in [0.2, 0.25) is 0 Å². The molecule has 3 nitrogen and oxygen atoms in total. The van der Waals surface area contributed by atoms with Gasteiger partial charge >= 0.3 is 0 Å². The lowest BCUT2D eigenvalue weighted by Crippen LogP contribution is -2.31. The van der Waals surface area contributed by atoms with Crippen LogP contribution in [0.3, 0.4) is 0 Å². The highest BCUT2D eigenvalue weighted by molar-refractivity contribution is 9.10. The molecule has 0 aliphatic carbocycles. The SMILES string of the molecule is Cc1cnc(NC(=S)N[C@@H](C)c2ccccc2)c(Br)c1. The van der Waals surface area contributed by atoms with Crippen molar-refractivity contribution < 1.29 is 0 Å². The van der Waals surface area contributed by atoms with Gasteiger partial charge in [0.1, 0.15) is 5.82 Å². The van der Waals surface area contributed by atoms with E-state index in [2.05, 4.69) is 50.6 Å². The van der Waals surface area contributed by atoms with Gasteiger partial charge in [-0.3, -0.25) is 0 Å². The van der Waals surface area contributed by atoms with Crippen molar-refractivity contribution in [1.29, 1.82) is 0 Å². The van der Waals surface area contributed by atoms with Gasteiger partial charge in [0, 0.05) is 6.20 Å². The number of halogens is 1. The second-order valence-corrected chi connectivity index (χ2v) is 5.84. The van der Waals surface area contributed by atoms with Gasteiger partial charge in [0.2, 0.25) is 0 Å². The average Bonchev–Trinajstić information content (AvgIpc) is 2.43. The molecule has 2 aromatic rings. The van der Waals surface area contributed by atoms with Crippen LogP contribution in [0.1, 0.15) is 24.1 Å². The first-order chi connectivity index (χ1) is 9.56. The number of hydrogen-bond donors (Lipinski definition) is 2. The van der Waals surface area contributed by atoms with Crippen molar-refractivity contribution in [3.8, 4) is 0 Å². The molecule has 0 spiro atoms. The number of aromatic nitrogens is 1. The van der Waals surface area contributed by atoms with Gasteiger partial charge in [-0.2, -0.15) is 0 Å². The van der Waals surface area contributed by atoms with Gasteiger partial charge in [-0.05, 0) is 59.2 Å². The van der Waals surface area contributed by atoms with E-state index in [1.165, 1.54) is 5.56 Å². The van der Waals surface area contributed by atoms with Gasteiger partial charge in [-0.1, -0.05) is 30.3 Å². The van der Waals surface area contributed by atoms with E-state index in [-0.39, 0.29) is 6.04 Å². The zero-order valence-corrected chi connectivity index (χ0v) is 13.8. The lowest BCUT2D eigenvalue weighted by atomic mass is 10.1. The van der Waals surface area contributed by atoms with Crippen LogP contribution in [0, 0.1) is 6.92 Å². The maximum absolute atomic E-state index is 5.32. The Morgan fingerprint density at radius 3 is 2.65 bits per heavy atom. The number of rotatable bonds is 3. The minimum Gasteiger partial charge on any atom is -0.356 e. The molecule has 0 bridgehead atoms. The Kier molecular flexibility index (Phi) is 5.09. The van der Waals surface area contributed by atoms with Crippen LogP contribution in [-0.4, -0.2) is 10.1 Å². The molecule has 1 aromatic heterocycles. The second-order valence-electron chi connectivity index (χ2n) is 4.57. The van der Waals surface area contributed by atoms with Gasteiger partial charge in [0.25, 0.3) is 0 Å². The van der Waals surface area contributed by atoms with Crippen molar-refractivity contribution in [2.24, 2.45) is 0 Å². The molecule has 2 rings (SSSR count). The molecule has 0 aliphatic heterocycles. The van der Waals surface area contributed by atoms with Gasteiger partial charge in [0.15, 0.2) is 5.11 Å². The van der Waals surface area contributed by atoms with Crippen LogP contribution >= 0.6 is 28.1 Å². The van der Waals surface area contributed by atoms with Crippen LogP contribution in [0.25, 0.3) is 0 Å². The summed E-state index contributed by atoms with van der Waals surface area (Å²) in [5.74, 6) is 0.716. The van der Waals surface area contributed by atoms with Crippen LogP contribution in [0.15, 0.2) is 47.1 Å². The van der Waals surface area contributed by atoms with E-state index in [9.17, 15) is 0 Å². The zero-order valence-electron chi connectivity index (χ0n) is 11.4. The van der Waals surface area contributed by atoms with Crippen molar-refractivity contribution in [2.45, 2.75) is 19.9 Å². The minimum atomic E-state index is 0.139. The monoisotopic (exact) mass is 349 g/mol. The first-order valence-corrected chi connectivity index (χ1v) is 7.51. The molecule has 0 saturated heterocycles. The van der Waals surface area contributed by atoms with Crippen molar-refractivity contribution in [3.05, 3.63) is 58.2 Å². The van der Waals surface area contributed by atoms with Crippen LogP contribution < -0.4 is 10.6 Å². The third-order valence-electron chi connectivity index (χ3n) is 2.86. The van der Waals surface area contributed by atoms with E-state index in [1.807, 2.05) is 31.2 Å². The summed E-state index contributed by atoms with van der Waals surface area (Å²) in [7, 11) is 0. The van der Waals surface area contributed by atoms with Crippen molar-refractivity contribution in [3.63, 3.8) is 0 Å². The number of thiocarbonyl (C=S) groups is 1. The number of benzene rings is 1. The molecule has 2 N–H and O–H groups in total. The molecular weight excluding hydrogens is 334 g/mol. The number of aryl methyl sites for hydroxylation is 1. The van der Waals surface area contributed by atoms with E-state index in [1.54, 1.807) is 6.20 Å². The van der Waals surface area contributed by atoms with Gasteiger partial charge in [-0.15, -0.1) is 0 Å². The number of nitrogens with one attached hydrogen (secondary N) is 2. The van der Waals surface area contributed by atoms with Gasteiger partial charge in [0.05, 0.1) is 10.5 Å². The Morgan fingerprint density at radius 2 is 2.00 bits per heavy atom. The fraction of sp³-hybridized carbons (Fsp3) is 0.200. The Hall–Kier alpha value is -1.46. The molecule has 0 fully saturated rings. The minimum absolute atomic E-state index is 0.139. The summed E-state index contributed by atoms with van der Waals surface area (Å²) in [4.78, 5) is 4.31. The Bertz CT molecular complexity index is 601. The topological polar surface area (TPSA) is 37.0 Å². The van der Waals surface area contributed by atoms with E-state index < -0.39 is 0 Å². The van der Waals surface area contributed by atoms with E-state index in [0.717, 1.165) is 10.0 Å². The molecule has 1 aromatic carbocycles. The molecule has 0 amide bonds. The molecule has 0 unspecified atom stereocenters. The van der Waals surface area contributed by atoms with E-state index >= 15 is 0 Å². The summed E-state index contributed by atoms with van der Waals surface area (Å²) < 4.78 is 0.897. The Balaban J connectivity index is 1.99. The lowest BCUT2D eigenvalue weighted by Gasteiger charge is -2.17. The standard InChI is InChI=1S/C15H16BrN3S/c1-10-8-13(16)14(17-9-10)19-15(20)18-11(2)12-6-4-3-5-7-12/h3-9,11H,1-2H3,(H2,17,18,19,20)/t11-/m0/s1. The molecule has 0 aliphatic rings. The number of hydrogen-bond acceptors (Lipinski definition) is 2. The Labute approximate surface area is 132 Å². The van der Waals surface area contributed by atoms with Crippen LogP contribution in [0.5, 0.6) is 0 Å². The second kappa shape index (κ2) is 6.81. The fourth-order valence-electron chi connectivity index (χ4n) is 1.79. The van der Waals surface area contributed by atoms with Gasteiger partial charge < -0.3 is 10.6 Å². The molecule has 20 heavy (non-hydrogen) atoms.